The first-order valence-electron chi connectivity index (χ1n) is 8.03. The number of nitrogens with zero attached hydrogens (tertiary/aromatic N) is 3. The van der Waals surface area contributed by atoms with Crippen LogP contribution in [0.3, 0.4) is 0 Å². The predicted molar refractivity (Wildman–Crippen MR) is 81.0 cm³/mol. The number of aryl methyl sites for hydroxylation is 1. The molecule has 0 spiro atoms. The van der Waals surface area contributed by atoms with Crippen LogP contribution in [-0.2, 0) is 0 Å². The SMILES string of the molecule is Cc1ncncc1C(=O)NCC1CCN(C2CCCC2)C1. The minimum absolute atomic E-state index is 0.0487. The first-order valence-corrected chi connectivity index (χ1v) is 8.03. The lowest BCUT2D eigenvalue weighted by Gasteiger charge is -2.23. The fraction of sp³-hybridized carbons (Fsp3) is 0.688. The zero-order valence-corrected chi connectivity index (χ0v) is 12.7. The van der Waals surface area contributed by atoms with E-state index in [-0.39, 0.29) is 5.91 Å². The third-order valence-electron chi connectivity index (χ3n) is 4.87. The second-order valence-electron chi connectivity index (χ2n) is 6.32. The number of carbonyl (C=O) groups is 1. The van der Waals surface area contributed by atoms with Crippen molar-refractivity contribution in [1.29, 1.82) is 0 Å². The van der Waals surface area contributed by atoms with Crippen LogP contribution in [0, 0.1) is 12.8 Å². The van der Waals surface area contributed by atoms with Crippen LogP contribution >= 0.6 is 0 Å². The van der Waals surface area contributed by atoms with Gasteiger partial charge in [0, 0.05) is 25.3 Å². The summed E-state index contributed by atoms with van der Waals surface area (Å²) in [5, 5.41) is 3.05. The number of carbonyl (C=O) groups excluding carboxylic acids is 1. The largest absolute Gasteiger partial charge is 0.352 e. The van der Waals surface area contributed by atoms with Crippen LogP contribution in [0.2, 0.25) is 0 Å². The van der Waals surface area contributed by atoms with E-state index in [0.29, 0.717) is 11.5 Å². The Bertz CT molecular complexity index is 499. The smallest absolute Gasteiger partial charge is 0.254 e. The molecule has 1 amide bonds. The summed E-state index contributed by atoms with van der Waals surface area (Å²) in [5.41, 5.74) is 1.32. The van der Waals surface area contributed by atoms with Gasteiger partial charge < -0.3 is 10.2 Å². The zero-order chi connectivity index (χ0) is 14.7. The van der Waals surface area contributed by atoms with Crippen molar-refractivity contribution in [3.63, 3.8) is 0 Å². The summed E-state index contributed by atoms with van der Waals surface area (Å²) in [7, 11) is 0. The Balaban J connectivity index is 1.47. The minimum atomic E-state index is -0.0487. The Morgan fingerprint density at radius 3 is 2.95 bits per heavy atom. The van der Waals surface area contributed by atoms with Crippen molar-refractivity contribution in [2.75, 3.05) is 19.6 Å². The molecule has 1 atom stereocenters. The van der Waals surface area contributed by atoms with Crippen molar-refractivity contribution >= 4 is 5.91 Å². The standard InChI is InChI=1S/C16H24N4O/c1-12-15(9-17-11-19-12)16(21)18-8-13-6-7-20(10-13)14-4-2-3-5-14/h9,11,13-14H,2-8,10H2,1H3,(H,18,21). The number of hydrogen-bond acceptors (Lipinski definition) is 4. The van der Waals surface area contributed by atoms with Gasteiger partial charge in [0.15, 0.2) is 0 Å². The van der Waals surface area contributed by atoms with Crippen LogP contribution in [0.1, 0.15) is 48.2 Å². The van der Waals surface area contributed by atoms with Crippen molar-refractivity contribution in [3.05, 3.63) is 23.8 Å². The Labute approximate surface area is 126 Å². The Morgan fingerprint density at radius 1 is 1.38 bits per heavy atom. The van der Waals surface area contributed by atoms with Crippen molar-refractivity contribution in [2.45, 2.75) is 45.1 Å². The highest BCUT2D eigenvalue weighted by atomic mass is 16.1. The third kappa shape index (κ3) is 3.40. The molecule has 5 nitrogen and oxygen atoms in total. The maximum Gasteiger partial charge on any atom is 0.254 e. The van der Waals surface area contributed by atoms with Gasteiger partial charge in [-0.3, -0.25) is 4.79 Å². The van der Waals surface area contributed by atoms with E-state index >= 15 is 0 Å². The Kier molecular flexibility index (Phi) is 4.48. The molecule has 0 radical (unpaired) electrons. The molecular weight excluding hydrogens is 264 g/mol. The van der Waals surface area contributed by atoms with E-state index in [0.717, 1.165) is 24.8 Å². The third-order valence-corrected chi connectivity index (χ3v) is 4.87. The molecule has 3 rings (SSSR count). The highest BCUT2D eigenvalue weighted by molar-refractivity contribution is 5.94. The van der Waals surface area contributed by atoms with Gasteiger partial charge in [-0.25, -0.2) is 9.97 Å². The fourth-order valence-corrected chi connectivity index (χ4v) is 3.58. The number of amides is 1. The molecule has 1 aromatic rings. The van der Waals surface area contributed by atoms with Crippen molar-refractivity contribution in [3.8, 4) is 0 Å². The van der Waals surface area contributed by atoms with E-state index in [4.69, 9.17) is 0 Å². The van der Waals surface area contributed by atoms with Gasteiger partial charge in [-0.05, 0) is 38.6 Å². The summed E-state index contributed by atoms with van der Waals surface area (Å²) < 4.78 is 0. The van der Waals surface area contributed by atoms with E-state index in [9.17, 15) is 4.79 Å². The fourth-order valence-electron chi connectivity index (χ4n) is 3.58. The molecule has 0 bridgehead atoms. The van der Waals surface area contributed by atoms with Crippen molar-refractivity contribution in [2.24, 2.45) is 5.92 Å². The number of hydrogen-bond donors (Lipinski definition) is 1. The van der Waals surface area contributed by atoms with Crippen LogP contribution in [-0.4, -0.2) is 46.5 Å². The lowest BCUT2D eigenvalue weighted by atomic mass is 10.1. The van der Waals surface area contributed by atoms with Crippen molar-refractivity contribution in [1.82, 2.24) is 20.2 Å². The van der Waals surface area contributed by atoms with Gasteiger partial charge in [-0.15, -0.1) is 0 Å². The van der Waals surface area contributed by atoms with Gasteiger partial charge in [0.25, 0.3) is 5.91 Å². The maximum atomic E-state index is 12.2. The van der Waals surface area contributed by atoms with E-state index in [2.05, 4.69) is 20.2 Å². The minimum Gasteiger partial charge on any atom is -0.352 e. The van der Waals surface area contributed by atoms with Gasteiger partial charge in [0.2, 0.25) is 0 Å². The molecule has 1 unspecified atom stereocenters. The van der Waals surface area contributed by atoms with Crippen LogP contribution in [0.4, 0.5) is 0 Å². The summed E-state index contributed by atoms with van der Waals surface area (Å²) in [4.78, 5) is 22.8. The quantitative estimate of drug-likeness (QED) is 0.917. The molecule has 1 N–H and O–H groups in total. The van der Waals surface area contributed by atoms with Gasteiger partial charge >= 0.3 is 0 Å². The van der Waals surface area contributed by atoms with Crippen LogP contribution in [0.15, 0.2) is 12.5 Å². The molecule has 5 heteroatoms. The second kappa shape index (κ2) is 6.52. The molecule has 1 aliphatic carbocycles. The summed E-state index contributed by atoms with van der Waals surface area (Å²) in [5.74, 6) is 0.534. The molecular formula is C16H24N4O. The summed E-state index contributed by atoms with van der Waals surface area (Å²) in [6, 6.07) is 0.801. The van der Waals surface area contributed by atoms with Gasteiger partial charge in [-0.2, -0.15) is 0 Å². The van der Waals surface area contributed by atoms with E-state index in [1.165, 1.54) is 45.0 Å². The van der Waals surface area contributed by atoms with E-state index in [1.807, 2.05) is 6.92 Å². The topological polar surface area (TPSA) is 58.1 Å². The van der Waals surface area contributed by atoms with Gasteiger partial charge in [-0.1, -0.05) is 12.8 Å². The van der Waals surface area contributed by atoms with Crippen LogP contribution in [0.25, 0.3) is 0 Å². The van der Waals surface area contributed by atoms with Crippen LogP contribution < -0.4 is 5.32 Å². The average molecular weight is 288 g/mol. The second-order valence-corrected chi connectivity index (χ2v) is 6.32. The molecule has 1 saturated heterocycles. The molecule has 21 heavy (non-hydrogen) atoms. The molecule has 1 saturated carbocycles. The van der Waals surface area contributed by atoms with E-state index < -0.39 is 0 Å². The van der Waals surface area contributed by atoms with Gasteiger partial charge in [0.05, 0.1) is 11.3 Å². The number of rotatable bonds is 4. The predicted octanol–water partition coefficient (Wildman–Crippen LogP) is 1.78. The molecule has 1 aliphatic heterocycles. The molecule has 2 heterocycles. The summed E-state index contributed by atoms with van der Waals surface area (Å²) in [6.45, 7) is 4.93. The van der Waals surface area contributed by atoms with Crippen molar-refractivity contribution < 1.29 is 4.79 Å². The first-order chi connectivity index (χ1) is 10.2. The monoisotopic (exact) mass is 288 g/mol. The maximum absolute atomic E-state index is 12.2. The average Bonchev–Trinajstić information content (AvgIpc) is 3.16. The van der Waals surface area contributed by atoms with Crippen LogP contribution in [0.5, 0.6) is 0 Å². The Morgan fingerprint density at radius 2 is 2.19 bits per heavy atom. The van der Waals surface area contributed by atoms with Gasteiger partial charge in [0.1, 0.15) is 6.33 Å². The lowest BCUT2D eigenvalue weighted by Crippen LogP contribution is -2.34. The highest BCUT2D eigenvalue weighted by Crippen LogP contribution is 2.28. The Hall–Kier alpha value is -1.49. The molecule has 2 fully saturated rings. The molecule has 0 aromatic carbocycles. The summed E-state index contributed by atoms with van der Waals surface area (Å²) >= 11 is 0. The zero-order valence-electron chi connectivity index (χ0n) is 12.7. The van der Waals surface area contributed by atoms with E-state index in [1.54, 1.807) is 6.20 Å². The molecule has 1 aromatic heterocycles. The number of nitrogens with one attached hydrogen (secondary N) is 1. The molecule has 114 valence electrons. The highest BCUT2D eigenvalue weighted by Gasteiger charge is 2.30. The summed E-state index contributed by atoms with van der Waals surface area (Å²) in [6.07, 6.45) is 9.76. The normalized spacial score (nSPS) is 23.6. The first kappa shape index (κ1) is 14.4. The lowest BCUT2D eigenvalue weighted by molar-refractivity contribution is 0.0945. The number of aromatic nitrogens is 2. The number of likely N-dealkylation sites (tertiary alicyclic amines) is 1. The molecule has 2 aliphatic rings.